The van der Waals surface area contributed by atoms with Crippen molar-refractivity contribution in [3.8, 4) is 5.75 Å². The lowest BCUT2D eigenvalue weighted by molar-refractivity contribution is -0.121. The Morgan fingerprint density at radius 3 is 2.18 bits per heavy atom. The Morgan fingerprint density at radius 2 is 1.73 bits per heavy atom. The van der Waals surface area contributed by atoms with Crippen molar-refractivity contribution < 1.29 is 9.53 Å². The molecule has 0 bridgehead atoms. The maximum absolute atomic E-state index is 12.3. The van der Waals surface area contributed by atoms with Crippen LogP contribution in [-0.2, 0) is 4.79 Å². The molecule has 0 saturated carbocycles. The zero-order valence-electron chi connectivity index (χ0n) is 15.3. The summed E-state index contributed by atoms with van der Waals surface area (Å²) in [7, 11) is 0. The average Bonchev–Trinajstić information content (AvgIpc) is 2.44. The van der Waals surface area contributed by atoms with Crippen LogP contribution in [0.3, 0.4) is 0 Å². The highest BCUT2D eigenvalue weighted by molar-refractivity contribution is 5.85. The Kier molecular flexibility index (Phi) is 7.12. The molecule has 0 aromatic heterocycles. The van der Waals surface area contributed by atoms with Gasteiger partial charge >= 0.3 is 0 Å². The van der Waals surface area contributed by atoms with E-state index in [1.54, 1.807) is 0 Å². The molecule has 0 saturated heterocycles. The average molecular weight is 304 g/mol. The number of rotatable bonds is 8. The minimum Gasteiger partial charge on any atom is -0.493 e. The lowest BCUT2D eigenvalue weighted by Crippen LogP contribution is -2.18. The fourth-order valence-electron chi connectivity index (χ4n) is 2.76. The van der Waals surface area contributed by atoms with Gasteiger partial charge in [-0.15, -0.1) is 0 Å². The molecule has 0 radical (unpaired) electrons. The predicted molar refractivity (Wildman–Crippen MR) is 93.7 cm³/mol. The van der Waals surface area contributed by atoms with Gasteiger partial charge in [-0.05, 0) is 34.9 Å². The van der Waals surface area contributed by atoms with E-state index in [0.29, 0.717) is 30.0 Å². The monoisotopic (exact) mass is 304 g/mol. The van der Waals surface area contributed by atoms with Gasteiger partial charge in [0.2, 0.25) is 0 Å². The number of benzene rings is 1. The van der Waals surface area contributed by atoms with E-state index in [-0.39, 0.29) is 5.92 Å². The molecule has 1 rings (SSSR count). The predicted octanol–water partition coefficient (Wildman–Crippen LogP) is 5.56. The topological polar surface area (TPSA) is 26.3 Å². The van der Waals surface area contributed by atoms with E-state index in [1.165, 1.54) is 5.56 Å². The molecular weight excluding hydrogens is 272 g/mol. The van der Waals surface area contributed by atoms with Gasteiger partial charge in [0.15, 0.2) is 0 Å². The van der Waals surface area contributed by atoms with E-state index in [0.717, 1.165) is 17.9 Å². The van der Waals surface area contributed by atoms with Crippen molar-refractivity contribution in [1.82, 2.24) is 0 Å². The standard InChI is InChI=1S/C20H32O2/c1-8-18(21)20(15(6)7)16-9-10-19(22-12-13(2)3)17(11-16)14(4)5/h9-11,13-15,20H,8,12H2,1-7H3. The van der Waals surface area contributed by atoms with Gasteiger partial charge in [0, 0.05) is 12.3 Å². The Morgan fingerprint density at radius 1 is 1.09 bits per heavy atom. The number of carbonyl (C=O) groups excluding carboxylic acids is 1. The first-order valence-corrected chi connectivity index (χ1v) is 8.57. The molecular formula is C20H32O2. The molecule has 0 aliphatic carbocycles. The minimum atomic E-state index is -0.0124. The molecule has 2 nitrogen and oxygen atoms in total. The first-order valence-electron chi connectivity index (χ1n) is 8.57. The summed E-state index contributed by atoms with van der Waals surface area (Å²) in [6, 6.07) is 6.30. The molecule has 0 N–H and O–H groups in total. The molecule has 1 aromatic rings. The third-order valence-corrected chi connectivity index (χ3v) is 3.95. The van der Waals surface area contributed by atoms with Crippen molar-refractivity contribution in [3.05, 3.63) is 29.3 Å². The molecule has 2 heteroatoms. The van der Waals surface area contributed by atoms with Crippen molar-refractivity contribution >= 4 is 5.78 Å². The molecule has 0 spiro atoms. The highest BCUT2D eigenvalue weighted by Gasteiger charge is 2.24. The molecule has 1 aromatic carbocycles. The van der Waals surface area contributed by atoms with Gasteiger partial charge in [-0.25, -0.2) is 0 Å². The highest BCUT2D eigenvalue weighted by Crippen LogP contribution is 2.34. The summed E-state index contributed by atoms with van der Waals surface area (Å²) in [5.41, 5.74) is 2.33. The van der Waals surface area contributed by atoms with Crippen molar-refractivity contribution in [2.45, 2.75) is 66.7 Å². The summed E-state index contributed by atoms with van der Waals surface area (Å²) in [6.45, 7) is 15.6. The molecule has 0 aliphatic heterocycles. The molecule has 1 atom stereocenters. The molecule has 124 valence electrons. The van der Waals surface area contributed by atoms with Gasteiger partial charge in [-0.3, -0.25) is 4.79 Å². The van der Waals surface area contributed by atoms with Crippen LogP contribution >= 0.6 is 0 Å². The van der Waals surface area contributed by atoms with E-state index in [4.69, 9.17) is 4.74 Å². The van der Waals surface area contributed by atoms with Gasteiger partial charge in [0.05, 0.1) is 6.61 Å². The van der Waals surface area contributed by atoms with Crippen LogP contribution in [-0.4, -0.2) is 12.4 Å². The van der Waals surface area contributed by atoms with Crippen LogP contribution in [0, 0.1) is 11.8 Å². The van der Waals surface area contributed by atoms with Crippen LogP contribution in [0.15, 0.2) is 18.2 Å². The lowest BCUT2D eigenvalue weighted by atomic mass is 9.82. The molecule has 1 unspecified atom stereocenters. The Balaban J connectivity index is 3.17. The van der Waals surface area contributed by atoms with Crippen LogP contribution in [0.4, 0.5) is 0 Å². The van der Waals surface area contributed by atoms with Crippen molar-refractivity contribution in [2.24, 2.45) is 11.8 Å². The SMILES string of the molecule is CCC(=O)C(c1ccc(OCC(C)C)c(C(C)C)c1)C(C)C. The van der Waals surface area contributed by atoms with E-state index < -0.39 is 0 Å². The first-order chi connectivity index (χ1) is 10.3. The largest absolute Gasteiger partial charge is 0.493 e. The third-order valence-electron chi connectivity index (χ3n) is 3.95. The molecule has 0 aliphatic rings. The van der Waals surface area contributed by atoms with Crippen LogP contribution in [0.2, 0.25) is 0 Å². The second-order valence-electron chi connectivity index (χ2n) is 7.20. The number of ketones is 1. The maximum Gasteiger partial charge on any atom is 0.140 e. The summed E-state index contributed by atoms with van der Waals surface area (Å²) >= 11 is 0. The second-order valence-corrected chi connectivity index (χ2v) is 7.20. The number of hydrogen-bond donors (Lipinski definition) is 0. The zero-order valence-corrected chi connectivity index (χ0v) is 15.3. The summed E-state index contributed by atoms with van der Waals surface area (Å²) in [4.78, 5) is 12.3. The van der Waals surface area contributed by atoms with Gasteiger partial charge in [0.1, 0.15) is 11.5 Å². The molecule has 0 fully saturated rings. The maximum atomic E-state index is 12.3. The number of ether oxygens (including phenoxy) is 1. The van der Waals surface area contributed by atoms with Crippen LogP contribution in [0.25, 0.3) is 0 Å². The summed E-state index contributed by atoms with van der Waals surface area (Å²) < 4.78 is 5.96. The van der Waals surface area contributed by atoms with Crippen LogP contribution in [0.5, 0.6) is 5.75 Å². The Bertz CT molecular complexity index is 486. The smallest absolute Gasteiger partial charge is 0.140 e. The number of Topliss-reactive ketones (excluding diaryl/α,β-unsaturated/α-hetero) is 1. The normalized spacial score (nSPS) is 13.0. The fraction of sp³-hybridized carbons (Fsp3) is 0.650. The van der Waals surface area contributed by atoms with Gasteiger partial charge in [-0.1, -0.05) is 60.6 Å². The number of hydrogen-bond acceptors (Lipinski definition) is 2. The fourth-order valence-corrected chi connectivity index (χ4v) is 2.76. The molecule has 22 heavy (non-hydrogen) atoms. The van der Waals surface area contributed by atoms with Crippen LogP contribution < -0.4 is 4.74 Å². The van der Waals surface area contributed by atoms with Gasteiger partial charge < -0.3 is 4.74 Å². The summed E-state index contributed by atoms with van der Waals surface area (Å²) in [5.74, 6) is 2.47. The van der Waals surface area contributed by atoms with Crippen LogP contribution in [0.1, 0.15) is 77.8 Å². The first kappa shape index (κ1) is 18.7. The zero-order chi connectivity index (χ0) is 16.9. The summed E-state index contributed by atoms with van der Waals surface area (Å²) in [5, 5.41) is 0. The number of carbonyl (C=O) groups is 1. The Hall–Kier alpha value is -1.31. The van der Waals surface area contributed by atoms with E-state index in [9.17, 15) is 4.79 Å². The van der Waals surface area contributed by atoms with E-state index in [1.807, 2.05) is 13.0 Å². The lowest BCUT2D eigenvalue weighted by Gasteiger charge is -2.23. The van der Waals surface area contributed by atoms with E-state index in [2.05, 4.69) is 53.7 Å². The summed E-state index contributed by atoms with van der Waals surface area (Å²) in [6.07, 6.45) is 0.589. The minimum absolute atomic E-state index is 0.0124. The molecule has 0 amide bonds. The third kappa shape index (κ3) is 4.86. The van der Waals surface area contributed by atoms with Gasteiger partial charge in [-0.2, -0.15) is 0 Å². The van der Waals surface area contributed by atoms with E-state index >= 15 is 0 Å². The van der Waals surface area contributed by atoms with Crippen molar-refractivity contribution in [1.29, 1.82) is 0 Å². The second kappa shape index (κ2) is 8.36. The molecule has 0 heterocycles. The van der Waals surface area contributed by atoms with Gasteiger partial charge in [0.25, 0.3) is 0 Å². The quantitative estimate of drug-likeness (QED) is 0.628. The highest BCUT2D eigenvalue weighted by atomic mass is 16.5. The Labute approximate surface area is 136 Å². The van der Waals surface area contributed by atoms with Crippen molar-refractivity contribution in [3.63, 3.8) is 0 Å². The van der Waals surface area contributed by atoms with Crippen molar-refractivity contribution in [2.75, 3.05) is 6.61 Å².